The second-order valence-corrected chi connectivity index (χ2v) is 5.01. The van der Waals surface area contributed by atoms with Gasteiger partial charge >= 0.3 is 0 Å². The molecular formula is C13H17ClN2O. The lowest BCUT2D eigenvalue weighted by Crippen LogP contribution is -2.44. The third-order valence-electron chi connectivity index (χ3n) is 3.17. The first-order valence-corrected chi connectivity index (χ1v) is 6.32. The molecule has 2 atom stereocenters. The highest BCUT2D eigenvalue weighted by molar-refractivity contribution is 6.30. The van der Waals surface area contributed by atoms with Crippen molar-refractivity contribution < 1.29 is 4.79 Å². The first-order chi connectivity index (χ1) is 8.15. The average molecular weight is 253 g/mol. The molecule has 1 aromatic rings. The summed E-state index contributed by atoms with van der Waals surface area (Å²) in [6.45, 7) is 0. The fourth-order valence-corrected chi connectivity index (χ4v) is 2.47. The monoisotopic (exact) mass is 252 g/mol. The van der Waals surface area contributed by atoms with Crippen molar-refractivity contribution >= 4 is 17.5 Å². The highest BCUT2D eigenvalue weighted by Crippen LogP contribution is 2.17. The third kappa shape index (κ3) is 3.45. The van der Waals surface area contributed by atoms with Crippen LogP contribution in [0.5, 0.6) is 0 Å². The van der Waals surface area contributed by atoms with Gasteiger partial charge in [-0.3, -0.25) is 4.79 Å². The highest BCUT2D eigenvalue weighted by atomic mass is 35.5. The van der Waals surface area contributed by atoms with Crippen molar-refractivity contribution in [2.45, 2.75) is 37.8 Å². The summed E-state index contributed by atoms with van der Waals surface area (Å²) < 4.78 is 0. The molecule has 1 amide bonds. The van der Waals surface area contributed by atoms with Gasteiger partial charge in [0.05, 0.1) is 6.42 Å². The number of rotatable bonds is 3. The largest absolute Gasteiger partial charge is 0.352 e. The van der Waals surface area contributed by atoms with Crippen LogP contribution in [0.25, 0.3) is 0 Å². The minimum Gasteiger partial charge on any atom is -0.352 e. The lowest BCUT2D eigenvalue weighted by Gasteiger charge is -2.17. The Hall–Kier alpha value is -1.06. The van der Waals surface area contributed by atoms with Crippen LogP contribution in [0, 0.1) is 0 Å². The summed E-state index contributed by atoms with van der Waals surface area (Å²) in [7, 11) is 0. The maximum absolute atomic E-state index is 11.8. The summed E-state index contributed by atoms with van der Waals surface area (Å²) in [4.78, 5) is 11.8. The zero-order valence-corrected chi connectivity index (χ0v) is 10.4. The van der Waals surface area contributed by atoms with Crippen molar-refractivity contribution in [3.63, 3.8) is 0 Å². The third-order valence-corrected chi connectivity index (χ3v) is 3.40. The molecule has 2 unspecified atom stereocenters. The summed E-state index contributed by atoms with van der Waals surface area (Å²) in [5.74, 6) is 0.0228. The predicted molar refractivity (Wildman–Crippen MR) is 68.9 cm³/mol. The Kier molecular flexibility index (Phi) is 4.02. The van der Waals surface area contributed by atoms with Gasteiger partial charge in [-0.05, 0) is 37.0 Å². The van der Waals surface area contributed by atoms with Gasteiger partial charge < -0.3 is 11.1 Å². The molecule has 3 N–H and O–H groups in total. The number of carbonyl (C=O) groups is 1. The number of nitrogens with one attached hydrogen (secondary N) is 1. The van der Waals surface area contributed by atoms with Gasteiger partial charge in [-0.15, -0.1) is 0 Å². The Morgan fingerprint density at radius 2 is 2.29 bits per heavy atom. The van der Waals surface area contributed by atoms with E-state index in [-0.39, 0.29) is 18.0 Å². The van der Waals surface area contributed by atoms with Crippen LogP contribution < -0.4 is 11.1 Å². The van der Waals surface area contributed by atoms with E-state index in [0.29, 0.717) is 11.4 Å². The molecule has 0 saturated heterocycles. The number of amides is 1. The molecule has 0 bridgehead atoms. The fourth-order valence-electron chi connectivity index (χ4n) is 2.26. The topological polar surface area (TPSA) is 55.1 Å². The van der Waals surface area contributed by atoms with Crippen LogP contribution in [-0.4, -0.2) is 18.0 Å². The first kappa shape index (κ1) is 12.4. The summed E-state index contributed by atoms with van der Waals surface area (Å²) in [6.07, 6.45) is 3.46. The molecule has 2 rings (SSSR count). The summed E-state index contributed by atoms with van der Waals surface area (Å²) >= 11 is 5.87. The van der Waals surface area contributed by atoms with Crippen molar-refractivity contribution in [2.24, 2.45) is 5.73 Å². The van der Waals surface area contributed by atoms with Crippen LogP contribution in [0.3, 0.4) is 0 Å². The van der Waals surface area contributed by atoms with E-state index in [2.05, 4.69) is 5.32 Å². The normalized spacial score (nSPS) is 23.6. The summed E-state index contributed by atoms with van der Waals surface area (Å²) in [6, 6.07) is 7.62. The van der Waals surface area contributed by atoms with Gasteiger partial charge in [-0.1, -0.05) is 23.7 Å². The van der Waals surface area contributed by atoms with Gasteiger partial charge in [0.25, 0.3) is 0 Å². The minimum atomic E-state index is 0.0228. The molecule has 1 aromatic carbocycles. The van der Waals surface area contributed by atoms with E-state index >= 15 is 0 Å². The fraction of sp³-hybridized carbons (Fsp3) is 0.462. The van der Waals surface area contributed by atoms with Gasteiger partial charge in [0.1, 0.15) is 0 Å². The molecular weight excluding hydrogens is 236 g/mol. The van der Waals surface area contributed by atoms with Crippen molar-refractivity contribution in [1.29, 1.82) is 0 Å². The molecule has 0 spiro atoms. The van der Waals surface area contributed by atoms with E-state index in [1.807, 2.05) is 18.2 Å². The average Bonchev–Trinajstić information content (AvgIpc) is 2.64. The molecule has 92 valence electrons. The Morgan fingerprint density at radius 3 is 2.94 bits per heavy atom. The molecule has 1 fully saturated rings. The molecule has 3 nitrogen and oxygen atoms in total. The second-order valence-electron chi connectivity index (χ2n) is 4.58. The lowest BCUT2D eigenvalue weighted by molar-refractivity contribution is -0.121. The van der Waals surface area contributed by atoms with Crippen molar-refractivity contribution in [3.05, 3.63) is 34.9 Å². The van der Waals surface area contributed by atoms with E-state index in [1.54, 1.807) is 6.07 Å². The molecule has 1 aliphatic rings. The molecule has 1 saturated carbocycles. The Labute approximate surface area is 106 Å². The van der Waals surface area contributed by atoms with E-state index in [0.717, 1.165) is 24.8 Å². The zero-order chi connectivity index (χ0) is 12.3. The van der Waals surface area contributed by atoms with E-state index in [4.69, 9.17) is 17.3 Å². The highest BCUT2D eigenvalue weighted by Gasteiger charge is 2.25. The number of nitrogens with two attached hydrogens (primary N) is 1. The van der Waals surface area contributed by atoms with Crippen molar-refractivity contribution in [3.8, 4) is 0 Å². The zero-order valence-electron chi connectivity index (χ0n) is 9.66. The molecule has 4 heteroatoms. The van der Waals surface area contributed by atoms with Crippen molar-refractivity contribution in [2.75, 3.05) is 0 Å². The van der Waals surface area contributed by atoms with Gasteiger partial charge in [0, 0.05) is 17.1 Å². The van der Waals surface area contributed by atoms with Crippen LogP contribution in [0.2, 0.25) is 5.02 Å². The Bertz CT molecular complexity index is 408. The first-order valence-electron chi connectivity index (χ1n) is 5.94. The quantitative estimate of drug-likeness (QED) is 0.863. The number of benzene rings is 1. The summed E-state index contributed by atoms with van der Waals surface area (Å²) in [5.41, 5.74) is 6.84. The lowest BCUT2D eigenvalue weighted by atomic mass is 10.1. The van der Waals surface area contributed by atoms with Crippen LogP contribution in [0.4, 0.5) is 0 Å². The maximum atomic E-state index is 11.8. The number of carbonyl (C=O) groups excluding carboxylic acids is 1. The molecule has 0 aromatic heterocycles. The Balaban J connectivity index is 1.89. The number of hydrogen-bond acceptors (Lipinski definition) is 2. The van der Waals surface area contributed by atoms with Gasteiger partial charge in [-0.25, -0.2) is 0 Å². The van der Waals surface area contributed by atoms with E-state index in [9.17, 15) is 4.79 Å². The van der Waals surface area contributed by atoms with Crippen LogP contribution >= 0.6 is 11.6 Å². The number of halogens is 1. The second kappa shape index (κ2) is 5.52. The molecule has 0 aliphatic heterocycles. The van der Waals surface area contributed by atoms with Crippen LogP contribution in [0.1, 0.15) is 24.8 Å². The standard InChI is InChI=1S/C13H17ClN2O/c14-10-4-1-3-9(7-10)8-13(17)16-12-6-2-5-11(12)15/h1,3-4,7,11-12H,2,5-6,8,15H2,(H,16,17). The molecule has 1 aliphatic carbocycles. The van der Waals surface area contributed by atoms with Gasteiger partial charge in [-0.2, -0.15) is 0 Å². The molecule has 17 heavy (non-hydrogen) atoms. The number of hydrogen-bond donors (Lipinski definition) is 2. The molecule has 0 heterocycles. The van der Waals surface area contributed by atoms with E-state index < -0.39 is 0 Å². The van der Waals surface area contributed by atoms with Crippen molar-refractivity contribution in [1.82, 2.24) is 5.32 Å². The van der Waals surface area contributed by atoms with Gasteiger partial charge in [0.15, 0.2) is 0 Å². The Morgan fingerprint density at radius 1 is 1.47 bits per heavy atom. The van der Waals surface area contributed by atoms with Crippen LogP contribution in [0.15, 0.2) is 24.3 Å². The minimum absolute atomic E-state index is 0.0228. The smallest absolute Gasteiger partial charge is 0.224 e. The SMILES string of the molecule is NC1CCCC1NC(=O)Cc1cccc(Cl)c1. The van der Waals surface area contributed by atoms with Gasteiger partial charge in [0.2, 0.25) is 5.91 Å². The summed E-state index contributed by atoms with van der Waals surface area (Å²) in [5, 5.41) is 3.65. The maximum Gasteiger partial charge on any atom is 0.224 e. The van der Waals surface area contributed by atoms with Crippen LogP contribution in [-0.2, 0) is 11.2 Å². The molecule has 0 radical (unpaired) electrons. The predicted octanol–water partition coefficient (Wildman–Crippen LogP) is 1.88. The van der Waals surface area contributed by atoms with E-state index in [1.165, 1.54) is 0 Å².